The van der Waals surface area contributed by atoms with Crippen LogP contribution in [0.15, 0.2) is 47.7 Å². The van der Waals surface area contributed by atoms with E-state index in [0.717, 1.165) is 11.1 Å². The Morgan fingerprint density at radius 1 is 0.958 bits per heavy atom. The fraction of sp³-hybridized carbons (Fsp3) is 0.105. The molecule has 0 bridgehead atoms. The Bertz CT molecular complexity index is 940. The van der Waals surface area contributed by atoms with Gasteiger partial charge in [-0.2, -0.15) is 0 Å². The van der Waals surface area contributed by atoms with E-state index in [0.29, 0.717) is 10.6 Å². The van der Waals surface area contributed by atoms with Crippen LogP contribution in [0.3, 0.4) is 0 Å². The second-order valence-corrected chi connectivity index (χ2v) is 6.18. The van der Waals surface area contributed by atoms with Crippen LogP contribution in [-0.2, 0) is 0 Å². The molecule has 0 heterocycles. The summed E-state index contributed by atoms with van der Waals surface area (Å²) in [5.41, 5.74) is 2.04. The number of benzene rings is 2. The molecule has 0 unspecified atom stereocenters. The Morgan fingerprint density at radius 3 is 2.00 bits per heavy atom. The van der Waals surface area contributed by atoms with E-state index < -0.39 is 17.3 Å². The molecule has 24 heavy (non-hydrogen) atoms. The third-order valence-corrected chi connectivity index (χ3v) is 4.44. The minimum atomic E-state index is -0.685. The van der Waals surface area contributed by atoms with Crippen LogP contribution in [0, 0.1) is 19.3 Å². The number of ketones is 2. The van der Waals surface area contributed by atoms with Crippen LogP contribution < -0.4 is 0 Å². The monoisotopic (exact) mass is 339 g/mol. The summed E-state index contributed by atoms with van der Waals surface area (Å²) in [5.74, 6) is -1.85. The Kier molecular flexibility index (Phi) is 3.85. The van der Waals surface area contributed by atoms with Crippen molar-refractivity contribution in [2.24, 2.45) is 0 Å². The third-order valence-electron chi connectivity index (χ3n) is 4.18. The van der Waals surface area contributed by atoms with Gasteiger partial charge < -0.3 is 5.11 Å². The number of hydrogen-bond acceptors (Lipinski definition) is 4. The minimum Gasteiger partial charge on any atom is -0.504 e. The molecule has 3 rings (SSSR count). The number of carbonyl (C=O) groups is 2. The number of fused-ring (bicyclic) bond motifs is 1. The van der Waals surface area contributed by atoms with E-state index in [4.69, 9.17) is 17.0 Å². The quantitative estimate of drug-likeness (QED) is 0.804. The number of Topliss-reactive ketones (excluding diaryl/α,β-unsaturated/α-hetero) is 2. The highest BCUT2D eigenvalue weighted by Crippen LogP contribution is 2.29. The zero-order valence-electron chi connectivity index (χ0n) is 13.1. The second kappa shape index (κ2) is 5.73. The Labute approximate surface area is 143 Å². The molecule has 0 aromatic heterocycles. The summed E-state index contributed by atoms with van der Waals surface area (Å²) >= 11 is 5.83. The highest BCUT2D eigenvalue weighted by atomic mass is 35.5. The molecule has 2 N–H and O–H groups in total. The molecule has 1 aliphatic carbocycles. The lowest BCUT2D eigenvalue weighted by Gasteiger charge is -2.19. The summed E-state index contributed by atoms with van der Waals surface area (Å²) in [6, 6.07) is 9.53. The van der Waals surface area contributed by atoms with Crippen molar-refractivity contribution < 1.29 is 14.7 Å². The summed E-state index contributed by atoms with van der Waals surface area (Å²) in [7, 11) is 0. The summed E-state index contributed by atoms with van der Waals surface area (Å²) < 4.78 is 0. The number of aliphatic hydroxyl groups excluding tert-OH is 1. The zero-order valence-corrected chi connectivity index (χ0v) is 13.9. The molecule has 0 spiro atoms. The van der Waals surface area contributed by atoms with Crippen LogP contribution >= 0.6 is 11.6 Å². The molecule has 2 aromatic carbocycles. The zero-order chi connectivity index (χ0) is 17.6. The van der Waals surface area contributed by atoms with Gasteiger partial charge >= 0.3 is 0 Å². The van der Waals surface area contributed by atoms with Gasteiger partial charge in [0.05, 0.1) is 11.3 Å². The van der Waals surface area contributed by atoms with Gasteiger partial charge in [0.1, 0.15) is 0 Å². The molecule has 0 atom stereocenters. The molecule has 2 aromatic rings. The average molecular weight is 340 g/mol. The van der Waals surface area contributed by atoms with E-state index >= 15 is 0 Å². The molecule has 1 aliphatic rings. The lowest BCUT2D eigenvalue weighted by Crippen LogP contribution is -2.27. The van der Waals surface area contributed by atoms with Gasteiger partial charge in [0.2, 0.25) is 5.78 Å². The number of carbonyl (C=O) groups excluding carboxylic acids is 2. The summed E-state index contributed by atoms with van der Waals surface area (Å²) in [4.78, 5) is 25.2. The smallest absolute Gasteiger partial charge is 0.228 e. The van der Waals surface area contributed by atoms with Gasteiger partial charge in [-0.3, -0.25) is 15.0 Å². The van der Waals surface area contributed by atoms with Crippen LogP contribution in [0.5, 0.6) is 0 Å². The van der Waals surface area contributed by atoms with E-state index in [-0.39, 0.29) is 22.4 Å². The minimum absolute atomic E-state index is 0.174. The van der Waals surface area contributed by atoms with Crippen LogP contribution in [0.1, 0.15) is 37.4 Å². The SMILES string of the molecule is Cc1cc2c(cc1C)C(=O)C(C(=N)c1ccc(Cl)cc1)=C(O)C2=O. The highest BCUT2D eigenvalue weighted by molar-refractivity contribution is 6.39. The first-order valence-corrected chi connectivity index (χ1v) is 7.67. The topological polar surface area (TPSA) is 78.2 Å². The maximum absolute atomic E-state index is 12.8. The van der Waals surface area contributed by atoms with Crippen molar-refractivity contribution >= 4 is 28.9 Å². The van der Waals surface area contributed by atoms with Crippen molar-refractivity contribution in [3.8, 4) is 0 Å². The first-order valence-electron chi connectivity index (χ1n) is 7.30. The fourth-order valence-electron chi connectivity index (χ4n) is 2.67. The maximum atomic E-state index is 12.8. The van der Waals surface area contributed by atoms with Gasteiger partial charge in [0.25, 0.3) is 0 Å². The van der Waals surface area contributed by atoms with Gasteiger partial charge in [-0.25, -0.2) is 0 Å². The Hall–Kier alpha value is -2.72. The molecular weight excluding hydrogens is 326 g/mol. The lowest BCUT2D eigenvalue weighted by molar-refractivity contribution is 0.0934. The maximum Gasteiger partial charge on any atom is 0.228 e. The third kappa shape index (κ3) is 2.45. The summed E-state index contributed by atoms with van der Waals surface area (Å²) in [5, 5.41) is 19.0. The molecule has 5 heteroatoms. The molecule has 4 nitrogen and oxygen atoms in total. The molecule has 0 radical (unpaired) electrons. The number of allylic oxidation sites excluding steroid dienone is 2. The van der Waals surface area contributed by atoms with E-state index in [2.05, 4.69) is 0 Å². The van der Waals surface area contributed by atoms with Gasteiger partial charge in [-0.05, 0) is 49.2 Å². The molecule has 0 fully saturated rings. The van der Waals surface area contributed by atoms with Crippen molar-refractivity contribution in [2.45, 2.75) is 13.8 Å². The predicted octanol–water partition coefficient (Wildman–Crippen LogP) is 4.22. The van der Waals surface area contributed by atoms with Crippen molar-refractivity contribution in [1.82, 2.24) is 0 Å². The van der Waals surface area contributed by atoms with Crippen LogP contribution in [0.25, 0.3) is 0 Å². The van der Waals surface area contributed by atoms with E-state index in [9.17, 15) is 14.7 Å². The standard InChI is InChI=1S/C19H14ClNO3/c1-9-7-13-14(8-10(9)2)18(23)19(24)15(17(13)22)16(21)11-3-5-12(20)6-4-11/h3-8,21,24H,1-2H3. The van der Waals surface area contributed by atoms with Crippen molar-refractivity contribution in [1.29, 1.82) is 5.41 Å². The summed E-state index contributed by atoms with van der Waals surface area (Å²) in [6.45, 7) is 3.68. The van der Waals surface area contributed by atoms with Crippen molar-refractivity contribution in [3.05, 3.63) is 80.6 Å². The number of aliphatic hydroxyl groups is 1. The van der Waals surface area contributed by atoms with Gasteiger partial charge in [-0.15, -0.1) is 0 Å². The van der Waals surface area contributed by atoms with E-state index in [1.165, 1.54) is 0 Å². The largest absolute Gasteiger partial charge is 0.504 e. The van der Waals surface area contributed by atoms with Crippen molar-refractivity contribution in [3.63, 3.8) is 0 Å². The van der Waals surface area contributed by atoms with Crippen LogP contribution in [0.4, 0.5) is 0 Å². The van der Waals surface area contributed by atoms with E-state index in [1.807, 2.05) is 13.8 Å². The number of aryl methyl sites for hydroxylation is 2. The molecule has 0 amide bonds. The molecule has 0 aliphatic heterocycles. The van der Waals surface area contributed by atoms with Gasteiger partial charge in [0, 0.05) is 21.7 Å². The number of rotatable bonds is 2. The first-order chi connectivity index (χ1) is 11.3. The Balaban J connectivity index is 2.15. The molecular formula is C19H14ClNO3. The highest BCUT2D eigenvalue weighted by Gasteiger charge is 2.35. The summed E-state index contributed by atoms with van der Waals surface area (Å²) in [6.07, 6.45) is 0. The molecule has 0 saturated heterocycles. The number of hydrogen-bond donors (Lipinski definition) is 2. The fourth-order valence-corrected chi connectivity index (χ4v) is 2.79. The number of halogens is 1. The normalized spacial score (nSPS) is 14.0. The van der Waals surface area contributed by atoms with Gasteiger partial charge in [-0.1, -0.05) is 23.7 Å². The lowest BCUT2D eigenvalue weighted by atomic mass is 9.83. The van der Waals surface area contributed by atoms with Crippen LogP contribution in [-0.4, -0.2) is 22.4 Å². The molecule has 120 valence electrons. The van der Waals surface area contributed by atoms with Crippen molar-refractivity contribution in [2.75, 3.05) is 0 Å². The van der Waals surface area contributed by atoms with E-state index in [1.54, 1.807) is 36.4 Å². The predicted molar refractivity (Wildman–Crippen MR) is 92.5 cm³/mol. The second-order valence-electron chi connectivity index (χ2n) is 5.75. The average Bonchev–Trinajstić information content (AvgIpc) is 2.55. The number of nitrogens with one attached hydrogen (secondary N) is 1. The van der Waals surface area contributed by atoms with Gasteiger partial charge in [0.15, 0.2) is 11.5 Å². The van der Waals surface area contributed by atoms with Crippen LogP contribution in [0.2, 0.25) is 5.02 Å². The first kappa shape index (κ1) is 16.1. The molecule has 0 saturated carbocycles. The Morgan fingerprint density at radius 2 is 1.46 bits per heavy atom.